The lowest BCUT2D eigenvalue weighted by atomic mass is 10.2. The minimum atomic E-state index is -0.235. The third kappa shape index (κ3) is 5.22. The molecule has 2 rings (SSSR count). The maximum absolute atomic E-state index is 11.4. The highest BCUT2D eigenvalue weighted by molar-refractivity contribution is 14.1. The van der Waals surface area contributed by atoms with Gasteiger partial charge in [-0.15, -0.1) is 0 Å². The highest BCUT2D eigenvalue weighted by atomic mass is 127. The van der Waals surface area contributed by atoms with E-state index in [1.807, 2.05) is 30.3 Å². The van der Waals surface area contributed by atoms with Crippen LogP contribution in [-0.2, 0) is 11.4 Å². The Morgan fingerprint density at radius 3 is 2.41 bits per heavy atom. The molecule has 0 saturated heterocycles. The molecule has 2 aromatic carbocycles. The fourth-order valence-electron chi connectivity index (χ4n) is 1.68. The molecule has 0 aliphatic heterocycles. The minimum Gasteiger partial charge on any atom is -0.488 e. The van der Waals surface area contributed by atoms with Gasteiger partial charge in [-0.2, -0.15) is 0 Å². The van der Waals surface area contributed by atoms with Gasteiger partial charge in [0.2, 0.25) is 0 Å². The largest absolute Gasteiger partial charge is 0.488 e. The molecule has 0 spiro atoms. The predicted octanol–water partition coefficient (Wildman–Crippen LogP) is 5.39. The quantitative estimate of drug-likeness (QED) is 0.252. The first-order chi connectivity index (χ1) is 10.5. The van der Waals surface area contributed by atoms with Crippen LogP contribution in [0.15, 0.2) is 36.4 Å². The second-order valence-electron chi connectivity index (χ2n) is 4.46. The summed E-state index contributed by atoms with van der Waals surface area (Å²) >= 11 is 6.62. The number of rotatable bonds is 5. The summed E-state index contributed by atoms with van der Waals surface area (Å²) < 4.78 is 14.2. The lowest BCUT2D eigenvalue weighted by molar-refractivity contribution is -0.134. The fraction of sp³-hybridized carbons (Fsp3) is 0.188. The molecule has 0 aliphatic carbocycles. The normalized spacial score (nSPS) is 10.4. The molecule has 0 radical (unpaired) electrons. The summed E-state index contributed by atoms with van der Waals surface area (Å²) in [5.74, 6) is 1.14. The Kier molecular flexibility index (Phi) is 7.19. The smallest absolute Gasteiger partial charge is 0.310 e. The van der Waals surface area contributed by atoms with Gasteiger partial charge in [0.15, 0.2) is 0 Å². The zero-order valence-electron chi connectivity index (χ0n) is 11.7. The fourth-order valence-corrected chi connectivity index (χ4v) is 3.43. The lowest BCUT2D eigenvalue weighted by Crippen LogP contribution is -2.07. The van der Waals surface area contributed by atoms with E-state index in [1.165, 1.54) is 3.57 Å². The van der Waals surface area contributed by atoms with E-state index in [0.29, 0.717) is 18.8 Å². The summed E-state index contributed by atoms with van der Waals surface area (Å²) in [7, 11) is 0. The van der Waals surface area contributed by atoms with E-state index in [1.54, 1.807) is 6.92 Å². The Bertz CT molecular complexity index is 686. The van der Waals surface area contributed by atoms with Crippen molar-refractivity contribution in [3.8, 4) is 11.5 Å². The minimum absolute atomic E-state index is 0.235. The first kappa shape index (κ1) is 18.2. The van der Waals surface area contributed by atoms with E-state index in [9.17, 15) is 4.79 Å². The standard InChI is InChI=1S/C16H13I3O3/c1-2-16(20)22-15-8-12(18)14(7-13(15)19)21-9-10-4-3-5-11(17)6-10/h3-8H,2,9H2,1H3. The van der Waals surface area contributed by atoms with Gasteiger partial charge in [0.1, 0.15) is 18.1 Å². The molecule has 0 saturated carbocycles. The van der Waals surface area contributed by atoms with Gasteiger partial charge in [-0.3, -0.25) is 4.79 Å². The van der Waals surface area contributed by atoms with Gasteiger partial charge in [-0.25, -0.2) is 0 Å². The third-order valence-corrected chi connectivity index (χ3v) is 5.14. The molecule has 22 heavy (non-hydrogen) atoms. The van der Waals surface area contributed by atoms with Crippen molar-refractivity contribution in [2.45, 2.75) is 20.0 Å². The average molecular weight is 634 g/mol. The van der Waals surface area contributed by atoms with Gasteiger partial charge >= 0.3 is 5.97 Å². The van der Waals surface area contributed by atoms with Gasteiger partial charge in [0, 0.05) is 9.99 Å². The number of ether oxygens (including phenoxy) is 2. The molecule has 6 heteroatoms. The summed E-state index contributed by atoms with van der Waals surface area (Å²) in [4.78, 5) is 11.4. The van der Waals surface area contributed by atoms with Crippen molar-refractivity contribution in [1.29, 1.82) is 0 Å². The molecule has 0 bridgehead atoms. The van der Waals surface area contributed by atoms with Crippen molar-refractivity contribution >= 4 is 73.7 Å². The molecule has 0 fully saturated rings. The number of hydrogen-bond donors (Lipinski definition) is 0. The van der Waals surface area contributed by atoms with Crippen LogP contribution in [0, 0.1) is 10.7 Å². The van der Waals surface area contributed by atoms with Crippen molar-refractivity contribution in [1.82, 2.24) is 0 Å². The van der Waals surface area contributed by atoms with Crippen molar-refractivity contribution in [2.75, 3.05) is 0 Å². The maximum Gasteiger partial charge on any atom is 0.310 e. The number of halogens is 3. The second-order valence-corrected chi connectivity index (χ2v) is 8.03. The van der Waals surface area contributed by atoms with E-state index in [4.69, 9.17) is 9.47 Å². The van der Waals surface area contributed by atoms with Crippen molar-refractivity contribution < 1.29 is 14.3 Å². The molecule has 0 atom stereocenters. The maximum atomic E-state index is 11.4. The molecule has 2 aromatic rings. The molecule has 116 valence electrons. The Balaban J connectivity index is 2.12. The van der Waals surface area contributed by atoms with E-state index in [0.717, 1.165) is 18.5 Å². The zero-order valence-corrected chi connectivity index (χ0v) is 18.2. The van der Waals surface area contributed by atoms with E-state index in [-0.39, 0.29) is 5.97 Å². The van der Waals surface area contributed by atoms with Crippen LogP contribution in [-0.4, -0.2) is 5.97 Å². The molecule has 0 N–H and O–H groups in total. The SMILES string of the molecule is CCC(=O)Oc1cc(I)c(OCc2cccc(I)c2)cc1I. The third-order valence-electron chi connectivity index (χ3n) is 2.78. The second kappa shape index (κ2) is 8.67. The Morgan fingerprint density at radius 1 is 1.05 bits per heavy atom. The van der Waals surface area contributed by atoms with Gasteiger partial charge in [0.25, 0.3) is 0 Å². The van der Waals surface area contributed by atoms with Crippen LogP contribution in [0.4, 0.5) is 0 Å². The lowest BCUT2D eigenvalue weighted by Gasteiger charge is -2.12. The summed E-state index contributed by atoms with van der Waals surface area (Å²) in [6.45, 7) is 2.29. The number of esters is 1. The van der Waals surface area contributed by atoms with Crippen LogP contribution >= 0.6 is 67.8 Å². The summed E-state index contributed by atoms with van der Waals surface area (Å²) in [5, 5.41) is 0. The molecular weight excluding hydrogens is 621 g/mol. The molecule has 0 unspecified atom stereocenters. The van der Waals surface area contributed by atoms with Crippen molar-refractivity contribution in [3.63, 3.8) is 0 Å². The Morgan fingerprint density at radius 2 is 1.73 bits per heavy atom. The average Bonchev–Trinajstić information content (AvgIpc) is 2.49. The number of carbonyl (C=O) groups excluding carboxylic acids is 1. The van der Waals surface area contributed by atoms with Crippen molar-refractivity contribution in [3.05, 3.63) is 52.7 Å². The van der Waals surface area contributed by atoms with Crippen LogP contribution in [0.1, 0.15) is 18.9 Å². The Hall–Kier alpha value is -0.100. The molecule has 0 heterocycles. The van der Waals surface area contributed by atoms with Crippen molar-refractivity contribution in [2.24, 2.45) is 0 Å². The summed E-state index contributed by atoms with van der Waals surface area (Å²) in [6.07, 6.45) is 0.359. The molecule has 0 amide bonds. The van der Waals surface area contributed by atoms with Gasteiger partial charge in [0.05, 0.1) is 7.14 Å². The van der Waals surface area contributed by atoms with Crippen LogP contribution in [0.25, 0.3) is 0 Å². The topological polar surface area (TPSA) is 35.5 Å². The van der Waals surface area contributed by atoms with Crippen LogP contribution in [0.2, 0.25) is 0 Å². The van der Waals surface area contributed by atoms with Gasteiger partial charge in [-0.1, -0.05) is 19.1 Å². The van der Waals surface area contributed by atoms with Gasteiger partial charge in [-0.05, 0) is 97.6 Å². The molecule has 0 aromatic heterocycles. The van der Waals surface area contributed by atoms with E-state index >= 15 is 0 Å². The van der Waals surface area contributed by atoms with E-state index < -0.39 is 0 Å². The van der Waals surface area contributed by atoms with Crippen LogP contribution in [0.5, 0.6) is 11.5 Å². The van der Waals surface area contributed by atoms with Crippen LogP contribution in [0.3, 0.4) is 0 Å². The highest BCUT2D eigenvalue weighted by Crippen LogP contribution is 2.32. The summed E-state index contributed by atoms with van der Waals surface area (Å²) in [6, 6.07) is 11.9. The van der Waals surface area contributed by atoms with Crippen LogP contribution < -0.4 is 9.47 Å². The molecule has 0 aliphatic rings. The Labute approximate surface area is 170 Å². The molecule has 3 nitrogen and oxygen atoms in total. The van der Waals surface area contributed by atoms with Gasteiger partial charge < -0.3 is 9.47 Å². The number of hydrogen-bond acceptors (Lipinski definition) is 3. The number of carbonyl (C=O) groups is 1. The number of benzene rings is 2. The summed E-state index contributed by atoms with van der Waals surface area (Å²) in [5.41, 5.74) is 1.12. The molecular formula is C16H13I3O3. The first-order valence-electron chi connectivity index (χ1n) is 6.56. The van der Waals surface area contributed by atoms with E-state index in [2.05, 4.69) is 73.8 Å². The monoisotopic (exact) mass is 634 g/mol. The first-order valence-corrected chi connectivity index (χ1v) is 9.80. The highest BCUT2D eigenvalue weighted by Gasteiger charge is 2.11. The predicted molar refractivity (Wildman–Crippen MR) is 111 cm³/mol. The zero-order chi connectivity index (χ0) is 16.1.